The third-order valence-electron chi connectivity index (χ3n) is 1.89. The van der Waals surface area contributed by atoms with Crippen LogP contribution >= 0.6 is 11.3 Å². The molecular formula is C9H14N2OS. The van der Waals surface area contributed by atoms with Crippen molar-refractivity contribution in [1.29, 1.82) is 0 Å². The first-order valence-corrected chi connectivity index (χ1v) is 4.93. The number of hydrogen-bond acceptors (Lipinski definition) is 4. The Bertz CT molecular complexity index is 294. The van der Waals surface area contributed by atoms with Gasteiger partial charge in [-0.1, -0.05) is 17.4 Å². The highest BCUT2D eigenvalue weighted by Gasteiger charge is 2.24. The van der Waals surface area contributed by atoms with Crippen LogP contribution in [0.4, 0.5) is 5.13 Å². The van der Waals surface area contributed by atoms with Gasteiger partial charge in [0.1, 0.15) is 0 Å². The molecule has 0 bridgehead atoms. The molecule has 0 saturated heterocycles. The Kier molecular flexibility index (Phi) is 3.06. The zero-order valence-corrected chi connectivity index (χ0v) is 8.47. The fourth-order valence-electron chi connectivity index (χ4n) is 1.04. The van der Waals surface area contributed by atoms with Gasteiger partial charge >= 0.3 is 0 Å². The van der Waals surface area contributed by atoms with E-state index in [0.717, 1.165) is 11.3 Å². The highest BCUT2D eigenvalue weighted by Crippen LogP contribution is 2.31. The Balaban J connectivity index is 2.74. The topological polar surface area (TPSA) is 59.1 Å². The predicted molar refractivity (Wildman–Crippen MR) is 55.5 cm³/mol. The first-order chi connectivity index (χ1) is 6.06. The van der Waals surface area contributed by atoms with E-state index in [-0.39, 0.29) is 0 Å². The lowest BCUT2D eigenvalue weighted by molar-refractivity contribution is 0.0524. The lowest BCUT2D eigenvalue weighted by Gasteiger charge is -2.19. The molecule has 0 amide bonds. The van der Waals surface area contributed by atoms with E-state index < -0.39 is 5.60 Å². The quantitative estimate of drug-likeness (QED) is 0.726. The Morgan fingerprint density at radius 2 is 2.54 bits per heavy atom. The molecule has 1 unspecified atom stereocenters. The summed E-state index contributed by atoms with van der Waals surface area (Å²) in [6.45, 7) is 5.38. The van der Waals surface area contributed by atoms with Gasteiger partial charge in [-0.05, 0) is 19.8 Å². The first kappa shape index (κ1) is 10.2. The molecule has 0 aliphatic rings. The van der Waals surface area contributed by atoms with Crippen LogP contribution in [0.2, 0.25) is 0 Å². The van der Waals surface area contributed by atoms with Gasteiger partial charge in [0.2, 0.25) is 0 Å². The third-order valence-corrected chi connectivity index (χ3v) is 2.97. The number of hydrogen-bond donors (Lipinski definition) is 2. The maximum absolute atomic E-state index is 10.00. The Hall–Kier alpha value is -0.870. The summed E-state index contributed by atoms with van der Waals surface area (Å²) in [6.07, 6.45) is 4.85. The largest absolute Gasteiger partial charge is 0.385 e. The summed E-state index contributed by atoms with van der Waals surface area (Å²) >= 11 is 1.33. The number of rotatable bonds is 4. The van der Waals surface area contributed by atoms with Crippen LogP contribution in [0.3, 0.4) is 0 Å². The van der Waals surface area contributed by atoms with Crippen LogP contribution in [-0.4, -0.2) is 10.1 Å². The average molecular weight is 198 g/mol. The van der Waals surface area contributed by atoms with Crippen LogP contribution in [0.25, 0.3) is 0 Å². The summed E-state index contributed by atoms with van der Waals surface area (Å²) in [5.74, 6) is 0. The fraction of sp³-hybridized carbons (Fsp3) is 0.444. The predicted octanol–water partition coefficient (Wildman–Crippen LogP) is 1.90. The molecule has 1 rings (SSSR count). The van der Waals surface area contributed by atoms with Crippen molar-refractivity contribution in [3.63, 3.8) is 0 Å². The third kappa shape index (κ3) is 2.54. The molecule has 1 heterocycles. The second-order valence-electron chi connectivity index (χ2n) is 3.16. The molecule has 4 heteroatoms. The Morgan fingerprint density at radius 3 is 3.00 bits per heavy atom. The monoisotopic (exact) mass is 198 g/mol. The van der Waals surface area contributed by atoms with E-state index in [2.05, 4.69) is 11.6 Å². The maximum Gasteiger partial charge on any atom is 0.180 e. The minimum absolute atomic E-state index is 0.494. The molecular weight excluding hydrogens is 184 g/mol. The van der Waals surface area contributed by atoms with Crippen molar-refractivity contribution >= 4 is 16.5 Å². The van der Waals surface area contributed by atoms with Crippen molar-refractivity contribution in [3.05, 3.63) is 23.7 Å². The van der Waals surface area contributed by atoms with E-state index in [4.69, 9.17) is 5.73 Å². The van der Waals surface area contributed by atoms with Crippen molar-refractivity contribution in [3.8, 4) is 0 Å². The van der Waals surface area contributed by atoms with Crippen LogP contribution < -0.4 is 5.73 Å². The molecule has 13 heavy (non-hydrogen) atoms. The number of nitrogen functional groups attached to an aromatic ring is 1. The molecule has 3 nitrogen and oxygen atoms in total. The van der Waals surface area contributed by atoms with Crippen LogP contribution in [0.5, 0.6) is 0 Å². The minimum Gasteiger partial charge on any atom is -0.385 e. The SMILES string of the molecule is C=CCCC(C)(O)c1cnc(N)s1. The summed E-state index contributed by atoms with van der Waals surface area (Å²) in [5, 5.41) is 10.5. The Labute approximate surface area is 81.9 Å². The van der Waals surface area contributed by atoms with Crippen molar-refractivity contribution in [1.82, 2.24) is 4.98 Å². The van der Waals surface area contributed by atoms with E-state index >= 15 is 0 Å². The van der Waals surface area contributed by atoms with E-state index in [1.54, 1.807) is 19.2 Å². The van der Waals surface area contributed by atoms with E-state index in [0.29, 0.717) is 11.6 Å². The summed E-state index contributed by atoms with van der Waals surface area (Å²) in [5.41, 5.74) is 4.65. The van der Waals surface area contributed by atoms with Crippen LogP contribution in [-0.2, 0) is 5.60 Å². The van der Waals surface area contributed by atoms with Crippen LogP contribution in [0, 0.1) is 0 Å². The number of aromatic nitrogens is 1. The molecule has 0 aliphatic carbocycles. The molecule has 0 saturated carbocycles. The van der Waals surface area contributed by atoms with Crippen molar-refractivity contribution in [2.75, 3.05) is 5.73 Å². The van der Waals surface area contributed by atoms with Crippen molar-refractivity contribution in [2.24, 2.45) is 0 Å². The number of anilines is 1. The molecule has 72 valence electrons. The second-order valence-corrected chi connectivity index (χ2v) is 4.23. The Morgan fingerprint density at radius 1 is 1.85 bits per heavy atom. The number of aliphatic hydroxyl groups is 1. The molecule has 1 aromatic rings. The van der Waals surface area contributed by atoms with Crippen LogP contribution in [0.15, 0.2) is 18.9 Å². The first-order valence-electron chi connectivity index (χ1n) is 4.11. The van der Waals surface area contributed by atoms with E-state index in [1.165, 1.54) is 11.3 Å². The number of allylic oxidation sites excluding steroid dienone is 1. The molecule has 0 spiro atoms. The van der Waals surface area contributed by atoms with Gasteiger partial charge in [0.25, 0.3) is 0 Å². The fourth-order valence-corrected chi connectivity index (χ4v) is 1.80. The molecule has 1 aromatic heterocycles. The normalized spacial score (nSPS) is 15.2. The highest BCUT2D eigenvalue weighted by atomic mass is 32.1. The maximum atomic E-state index is 10.00. The lowest BCUT2D eigenvalue weighted by Crippen LogP contribution is -2.18. The molecule has 1 atom stereocenters. The molecule has 3 N–H and O–H groups in total. The minimum atomic E-state index is -0.830. The molecule has 0 aromatic carbocycles. The summed E-state index contributed by atoms with van der Waals surface area (Å²) in [6, 6.07) is 0. The zero-order valence-electron chi connectivity index (χ0n) is 7.66. The lowest BCUT2D eigenvalue weighted by atomic mass is 9.99. The van der Waals surface area contributed by atoms with Crippen molar-refractivity contribution in [2.45, 2.75) is 25.4 Å². The smallest absolute Gasteiger partial charge is 0.180 e. The second kappa shape index (κ2) is 3.89. The summed E-state index contributed by atoms with van der Waals surface area (Å²) in [4.78, 5) is 4.71. The van der Waals surface area contributed by atoms with E-state index in [9.17, 15) is 5.11 Å². The van der Waals surface area contributed by atoms with Gasteiger partial charge in [0.05, 0.1) is 10.5 Å². The molecule has 0 radical (unpaired) electrons. The zero-order chi connectivity index (χ0) is 9.90. The van der Waals surface area contributed by atoms with Gasteiger partial charge < -0.3 is 10.8 Å². The van der Waals surface area contributed by atoms with Gasteiger partial charge in [0, 0.05) is 6.20 Å². The number of nitrogens with two attached hydrogens (primary N) is 1. The van der Waals surface area contributed by atoms with Gasteiger partial charge in [-0.2, -0.15) is 0 Å². The number of nitrogens with zero attached hydrogens (tertiary/aromatic N) is 1. The summed E-state index contributed by atoms with van der Waals surface area (Å²) in [7, 11) is 0. The van der Waals surface area contributed by atoms with Gasteiger partial charge in [-0.3, -0.25) is 0 Å². The van der Waals surface area contributed by atoms with Gasteiger partial charge in [0.15, 0.2) is 5.13 Å². The van der Waals surface area contributed by atoms with Crippen LogP contribution in [0.1, 0.15) is 24.6 Å². The van der Waals surface area contributed by atoms with Gasteiger partial charge in [-0.25, -0.2) is 4.98 Å². The standard InChI is InChI=1S/C9H14N2OS/c1-3-4-5-9(2,12)7-6-11-8(10)13-7/h3,6,12H,1,4-5H2,2H3,(H2,10,11). The van der Waals surface area contributed by atoms with Gasteiger partial charge in [-0.15, -0.1) is 6.58 Å². The van der Waals surface area contributed by atoms with Crippen molar-refractivity contribution < 1.29 is 5.11 Å². The molecule has 0 aliphatic heterocycles. The molecule has 0 fully saturated rings. The highest BCUT2D eigenvalue weighted by molar-refractivity contribution is 7.15. The summed E-state index contributed by atoms with van der Waals surface area (Å²) < 4.78 is 0. The van der Waals surface area contributed by atoms with E-state index in [1.807, 2.05) is 0 Å². The number of thiazole rings is 1. The average Bonchev–Trinajstić information content (AvgIpc) is 2.49.